The molecule has 0 heterocycles. The first-order valence-corrected chi connectivity index (χ1v) is 9.55. The number of aryl methyl sites for hydroxylation is 3. The Morgan fingerprint density at radius 3 is 1.44 bits per heavy atom. The molecule has 0 N–H and O–H groups in total. The molecule has 130 valence electrons. The summed E-state index contributed by atoms with van der Waals surface area (Å²) in [5.74, 6) is 0. The van der Waals surface area contributed by atoms with Crippen molar-refractivity contribution in [3.05, 3.63) is 95.6 Å². The molecule has 0 atom stereocenters. The van der Waals surface area contributed by atoms with E-state index in [9.17, 15) is 0 Å². The third-order valence-electron chi connectivity index (χ3n) is 5.88. The molecular formula is C27H22. The molecule has 5 aromatic carbocycles. The largest absolute Gasteiger partial charge is 0.0622 e. The van der Waals surface area contributed by atoms with E-state index in [1.165, 1.54) is 60.1 Å². The lowest BCUT2D eigenvalue weighted by Gasteiger charge is -2.15. The van der Waals surface area contributed by atoms with Crippen molar-refractivity contribution in [2.24, 2.45) is 0 Å². The molecule has 0 unspecified atom stereocenters. The van der Waals surface area contributed by atoms with Crippen LogP contribution in [0.1, 0.15) is 16.7 Å². The first-order chi connectivity index (χ1) is 13.1. The van der Waals surface area contributed by atoms with Gasteiger partial charge in [-0.25, -0.2) is 0 Å². The molecule has 0 aliphatic heterocycles. The van der Waals surface area contributed by atoms with Crippen LogP contribution >= 0.6 is 0 Å². The van der Waals surface area contributed by atoms with Crippen LogP contribution in [0, 0.1) is 20.8 Å². The summed E-state index contributed by atoms with van der Waals surface area (Å²) in [6.45, 7) is 6.64. The Morgan fingerprint density at radius 1 is 0.407 bits per heavy atom. The van der Waals surface area contributed by atoms with Gasteiger partial charge in [0.05, 0.1) is 0 Å². The van der Waals surface area contributed by atoms with E-state index < -0.39 is 0 Å². The van der Waals surface area contributed by atoms with Gasteiger partial charge in [-0.05, 0) is 87.0 Å². The summed E-state index contributed by atoms with van der Waals surface area (Å²) in [6.07, 6.45) is 0. The Hall–Kier alpha value is -3.12. The molecule has 0 aliphatic rings. The van der Waals surface area contributed by atoms with Crippen LogP contribution < -0.4 is 0 Å². The lowest BCUT2D eigenvalue weighted by molar-refractivity contribution is 1.37. The van der Waals surface area contributed by atoms with E-state index in [4.69, 9.17) is 0 Å². The van der Waals surface area contributed by atoms with Crippen LogP contribution in [0.2, 0.25) is 0 Å². The highest BCUT2D eigenvalue weighted by Crippen LogP contribution is 2.39. The molecule has 0 nitrogen and oxygen atoms in total. The van der Waals surface area contributed by atoms with Crippen LogP contribution in [0.4, 0.5) is 0 Å². The van der Waals surface area contributed by atoms with Crippen molar-refractivity contribution < 1.29 is 0 Å². The summed E-state index contributed by atoms with van der Waals surface area (Å²) in [7, 11) is 0. The molecule has 0 saturated heterocycles. The Balaban J connectivity index is 2.01. The second kappa shape index (κ2) is 5.96. The first-order valence-electron chi connectivity index (χ1n) is 9.55. The Labute approximate surface area is 160 Å². The number of fused-ring (bicyclic) bond motifs is 6. The number of rotatable bonds is 1. The van der Waals surface area contributed by atoms with Gasteiger partial charge in [-0.3, -0.25) is 0 Å². The fourth-order valence-corrected chi connectivity index (χ4v) is 4.30. The Kier molecular flexibility index (Phi) is 3.55. The van der Waals surface area contributed by atoms with Gasteiger partial charge in [0.15, 0.2) is 0 Å². The monoisotopic (exact) mass is 346 g/mol. The molecule has 0 amide bonds. The molecule has 0 bridgehead atoms. The van der Waals surface area contributed by atoms with Gasteiger partial charge < -0.3 is 0 Å². The lowest BCUT2D eigenvalue weighted by Crippen LogP contribution is -1.90. The van der Waals surface area contributed by atoms with E-state index in [-0.39, 0.29) is 0 Å². The van der Waals surface area contributed by atoms with E-state index in [0.29, 0.717) is 0 Å². The molecule has 27 heavy (non-hydrogen) atoms. The van der Waals surface area contributed by atoms with Crippen LogP contribution in [0.3, 0.4) is 0 Å². The van der Waals surface area contributed by atoms with Gasteiger partial charge in [0.2, 0.25) is 0 Å². The molecule has 5 rings (SSSR count). The second-order valence-electron chi connectivity index (χ2n) is 7.61. The number of benzene rings is 5. The van der Waals surface area contributed by atoms with Gasteiger partial charge in [0, 0.05) is 0 Å². The highest BCUT2D eigenvalue weighted by molar-refractivity contribution is 6.26. The molecule has 0 saturated carbocycles. The molecule has 0 radical (unpaired) electrons. The topological polar surface area (TPSA) is 0 Å². The molecule has 5 aromatic rings. The van der Waals surface area contributed by atoms with Gasteiger partial charge in [0.25, 0.3) is 0 Å². The van der Waals surface area contributed by atoms with Crippen LogP contribution in [-0.2, 0) is 0 Å². The van der Waals surface area contributed by atoms with Crippen molar-refractivity contribution in [2.45, 2.75) is 20.8 Å². The summed E-state index contributed by atoms with van der Waals surface area (Å²) in [5.41, 5.74) is 6.62. The summed E-state index contributed by atoms with van der Waals surface area (Å²) in [5, 5.41) is 8.07. The maximum absolute atomic E-state index is 2.39. The van der Waals surface area contributed by atoms with Crippen LogP contribution in [-0.4, -0.2) is 0 Å². The van der Waals surface area contributed by atoms with Crippen LogP contribution in [0.25, 0.3) is 43.4 Å². The second-order valence-corrected chi connectivity index (χ2v) is 7.61. The lowest BCUT2D eigenvalue weighted by atomic mass is 9.88. The molecule has 0 aliphatic carbocycles. The van der Waals surface area contributed by atoms with Crippen molar-refractivity contribution in [2.75, 3.05) is 0 Å². The number of hydrogen-bond acceptors (Lipinski definition) is 0. The van der Waals surface area contributed by atoms with Crippen LogP contribution in [0.5, 0.6) is 0 Å². The molecular weight excluding hydrogens is 324 g/mol. The minimum atomic E-state index is 1.28. The molecule has 0 heteroatoms. The normalized spacial score (nSPS) is 11.5. The van der Waals surface area contributed by atoms with Gasteiger partial charge >= 0.3 is 0 Å². The van der Waals surface area contributed by atoms with Gasteiger partial charge in [-0.1, -0.05) is 72.8 Å². The third kappa shape index (κ3) is 2.44. The average Bonchev–Trinajstić information content (AvgIpc) is 2.70. The summed E-state index contributed by atoms with van der Waals surface area (Å²) < 4.78 is 0. The standard InChI is InChI=1S/C27H22/c1-17-13-24-21-11-7-8-12-22(21)27-16-23(20-9-5-4-6-10-20)19(3)15-26(27)25(24)14-18(17)2/h4-16H,1-3H3. The maximum atomic E-state index is 2.39. The predicted molar refractivity (Wildman–Crippen MR) is 119 cm³/mol. The van der Waals surface area contributed by atoms with E-state index in [1.54, 1.807) is 0 Å². The van der Waals surface area contributed by atoms with Crippen molar-refractivity contribution in [3.8, 4) is 11.1 Å². The quantitative estimate of drug-likeness (QED) is 0.272. The average molecular weight is 346 g/mol. The fraction of sp³-hybridized carbons (Fsp3) is 0.111. The smallest absolute Gasteiger partial charge is 0.00926 e. The fourth-order valence-electron chi connectivity index (χ4n) is 4.30. The van der Waals surface area contributed by atoms with E-state index in [2.05, 4.69) is 99.6 Å². The van der Waals surface area contributed by atoms with Crippen molar-refractivity contribution in [1.82, 2.24) is 0 Å². The summed E-state index contributed by atoms with van der Waals surface area (Å²) in [4.78, 5) is 0. The van der Waals surface area contributed by atoms with Crippen molar-refractivity contribution in [1.29, 1.82) is 0 Å². The zero-order valence-electron chi connectivity index (χ0n) is 16.0. The third-order valence-corrected chi connectivity index (χ3v) is 5.88. The number of hydrogen-bond donors (Lipinski definition) is 0. The van der Waals surface area contributed by atoms with Gasteiger partial charge in [-0.15, -0.1) is 0 Å². The maximum Gasteiger partial charge on any atom is -0.00926 e. The summed E-state index contributed by atoms with van der Waals surface area (Å²) >= 11 is 0. The minimum Gasteiger partial charge on any atom is -0.0622 e. The zero-order valence-corrected chi connectivity index (χ0v) is 16.0. The Bertz CT molecular complexity index is 1320. The van der Waals surface area contributed by atoms with E-state index in [0.717, 1.165) is 0 Å². The first kappa shape index (κ1) is 16.1. The summed E-state index contributed by atoms with van der Waals surface area (Å²) in [6, 6.07) is 29.0. The van der Waals surface area contributed by atoms with Crippen LogP contribution in [0.15, 0.2) is 78.9 Å². The van der Waals surface area contributed by atoms with E-state index in [1.807, 2.05) is 0 Å². The zero-order chi connectivity index (χ0) is 18.5. The highest BCUT2D eigenvalue weighted by atomic mass is 14.2. The van der Waals surface area contributed by atoms with Gasteiger partial charge in [-0.2, -0.15) is 0 Å². The SMILES string of the molecule is Cc1cc2c3ccccc3c3cc(-c4ccccc4)c(C)cc3c2cc1C. The molecule has 0 spiro atoms. The Morgan fingerprint density at radius 2 is 0.852 bits per heavy atom. The van der Waals surface area contributed by atoms with Crippen molar-refractivity contribution >= 4 is 32.3 Å². The van der Waals surface area contributed by atoms with Gasteiger partial charge in [0.1, 0.15) is 0 Å². The predicted octanol–water partition coefficient (Wildman–Crippen LogP) is 7.74. The van der Waals surface area contributed by atoms with Crippen molar-refractivity contribution in [3.63, 3.8) is 0 Å². The molecule has 0 fully saturated rings. The van der Waals surface area contributed by atoms with E-state index >= 15 is 0 Å². The molecule has 0 aromatic heterocycles. The minimum absolute atomic E-state index is 1.28. The highest BCUT2D eigenvalue weighted by Gasteiger charge is 2.12.